The van der Waals surface area contributed by atoms with E-state index < -0.39 is 5.97 Å². The third kappa shape index (κ3) is 3.33. The van der Waals surface area contributed by atoms with Gasteiger partial charge in [0.2, 0.25) is 0 Å². The molecule has 0 unspecified atom stereocenters. The van der Waals surface area contributed by atoms with Crippen LogP contribution < -0.4 is 0 Å². The van der Waals surface area contributed by atoms with E-state index in [0.29, 0.717) is 10.9 Å². The number of aromatic carboxylic acids is 1. The SMILES string of the molecule is CC(C)CSc1cncc(C(=O)O)n1. The predicted octanol–water partition coefficient (Wildman–Crippen LogP) is 1.92. The summed E-state index contributed by atoms with van der Waals surface area (Å²) < 4.78 is 0. The zero-order valence-electron chi connectivity index (χ0n) is 8.10. The van der Waals surface area contributed by atoms with E-state index in [1.54, 1.807) is 6.20 Å². The van der Waals surface area contributed by atoms with Gasteiger partial charge in [0.15, 0.2) is 5.69 Å². The molecule has 0 saturated carbocycles. The van der Waals surface area contributed by atoms with Gasteiger partial charge in [-0.3, -0.25) is 4.98 Å². The molecule has 0 atom stereocenters. The minimum Gasteiger partial charge on any atom is -0.476 e. The molecular weight excluding hydrogens is 200 g/mol. The molecule has 0 amide bonds. The fourth-order valence-electron chi connectivity index (χ4n) is 0.773. The van der Waals surface area contributed by atoms with Gasteiger partial charge in [-0.1, -0.05) is 13.8 Å². The Bertz CT molecular complexity index is 328. The highest BCUT2D eigenvalue weighted by Gasteiger charge is 2.06. The van der Waals surface area contributed by atoms with Crippen LogP contribution in [0.15, 0.2) is 17.4 Å². The van der Waals surface area contributed by atoms with Crippen LogP contribution >= 0.6 is 11.8 Å². The molecule has 1 N–H and O–H groups in total. The van der Waals surface area contributed by atoms with Crippen molar-refractivity contribution in [2.24, 2.45) is 5.92 Å². The predicted molar refractivity (Wildman–Crippen MR) is 54.6 cm³/mol. The Hall–Kier alpha value is -1.10. The van der Waals surface area contributed by atoms with E-state index in [2.05, 4.69) is 23.8 Å². The molecule has 0 aliphatic heterocycles. The van der Waals surface area contributed by atoms with E-state index in [4.69, 9.17) is 5.11 Å². The van der Waals surface area contributed by atoms with Crippen molar-refractivity contribution < 1.29 is 9.90 Å². The molecule has 0 fully saturated rings. The maximum absolute atomic E-state index is 10.6. The van der Waals surface area contributed by atoms with Gasteiger partial charge in [0.05, 0.1) is 12.4 Å². The molecule has 0 bridgehead atoms. The largest absolute Gasteiger partial charge is 0.476 e. The molecule has 4 nitrogen and oxygen atoms in total. The zero-order valence-corrected chi connectivity index (χ0v) is 8.91. The molecule has 76 valence electrons. The molecule has 0 radical (unpaired) electrons. The Morgan fingerprint density at radius 1 is 1.57 bits per heavy atom. The first-order valence-corrected chi connectivity index (χ1v) is 5.26. The maximum atomic E-state index is 10.6. The van der Waals surface area contributed by atoms with Gasteiger partial charge in [0.25, 0.3) is 0 Å². The van der Waals surface area contributed by atoms with Crippen LogP contribution in [0.5, 0.6) is 0 Å². The quantitative estimate of drug-likeness (QED) is 0.772. The van der Waals surface area contributed by atoms with Gasteiger partial charge in [0.1, 0.15) is 5.03 Å². The lowest BCUT2D eigenvalue weighted by atomic mass is 10.3. The number of thioether (sulfide) groups is 1. The van der Waals surface area contributed by atoms with E-state index in [1.807, 2.05) is 0 Å². The van der Waals surface area contributed by atoms with Crippen molar-refractivity contribution in [2.75, 3.05) is 5.75 Å². The summed E-state index contributed by atoms with van der Waals surface area (Å²) in [5.74, 6) is 0.428. The van der Waals surface area contributed by atoms with E-state index in [1.165, 1.54) is 18.0 Å². The highest BCUT2D eigenvalue weighted by Crippen LogP contribution is 2.17. The highest BCUT2D eigenvalue weighted by atomic mass is 32.2. The monoisotopic (exact) mass is 212 g/mol. The lowest BCUT2D eigenvalue weighted by molar-refractivity contribution is 0.0689. The molecule has 0 spiro atoms. The van der Waals surface area contributed by atoms with Crippen LogP contribution in [0.3, 0.4) is 0 Å². The van der Waals surface area contributed by atoms with Crippen LogP contribution in [-0.2, 0) is 0 Å². The minimum atomic E-state index is -1.04. The molecule has 1 heterocycles. The minimum absolute atomic E-state index is 0.00115. The second-order valence-electron chi connectivity index (χ2n) is 3.25. The van der Waals surface area contributed by atoms with Crippen LogP contribution in [0.4, 0.5) is 0 Å². The van der Waals surface area contributed by atoms with E-state index in [9.17, 15) is 4.79 Å². The molecule has 0 aliphatic carbocycles. The van der Waals surface area contributed by atoms with Crippen molar-refractivity contribution in [1.29, 1.82) is 0 Å². The second kappa shape index (κ2) is 4.95. The normalized spacial score (nSPS) is 10.5. The number of carboxylic acids is 1. The second-order valence-corrected chi connectivity index (χ2v) is 4.29. The van der Waals surface area contributed by atoms with Gasteiger partial charge in [-0.25, -0.2) is 9.78 Å². The molecular formula is C9H12N2O2S. The van der Waals surface area contributed by atoms with Crippen LogP contribution in [0.2, 0.25) is 0 Å². The lowest BCUT2D eigenvalue weighted by Crippen LogP contribution is -2.02. The van der Waals surface area contributed by atoms with Gasteiger partial charge in [-0.15, -0.1) is 11.8 Å². The van der Waals surface area contributed by atoms with Crippen LogP contribution in [-0.4, -0.2) is 26.8 Å². The summed E-state index contributed by atoms with van der Waals surface area (Å²) in [5, 5.41) is 9.34. The first-order valence-electron chi connectivity index (χ1n) is 4.27. The first-order chi connectivity index (χ1) is 6.59. The molecule has 1 rings (SSSR count). The fourth-order valence-corrected chi connectivity index (χ4v) is 1.58. The average molecular weight is 212 g/mol. The Kier molecular flexibility index (Phi) is 3.88. The topological polar surface area (TPSA) is 63.1 Å². The number of aromatic nitrogens is 2. The first kappa shape index (κ1) is 11.0. The molecule has 0 saturated heterocycles. The van der Waals surface area contributed by atoms with Crippen molar-refractivity contribution in [1.82, 2.24) is 9.97 Å². The summed E-state index contributed by atoms with van der Waals surface area (Å²) >= 11 is 1.52. The van der Waals surface area contributed by atoms with Crippen molar-refractivity contribution in [2.45, 2.75) is 18.9 Å². The van der Waals surface area contributed by atoms with Gasteiger partial charge < -0.3 is 5.11 Å². The Balaban J connectivity index is 2.69. The Morgan fingerprint density at radius 2 is 2.29 bits per heavy atom. The molecule has 14 heavy (non-hydrogen) atoms. The zero-order chi connectivity index (χ0) is 10.6. The van der Waals surface area contributed by atoms with E-state index in [0.717, 1.165) is 5.75 Å². The molecule has 0 aromatic carbocycles. The molecule has 0 aliphatic rings. The smallest absolute Gasteiger partial charge is 0.356 e. The van der Waals surface area contributed by atoms with Gasteiger partial charge in [-0.2, -0.15) is 0 Å². The number of hydrogen-bond acceptors (Lipinski definition) is 4. The average Bonchev–Trinajstić information content (AvgIpc) is 2.15. The standard InChI is InChI=1S/C9H12N2O2S/c1-6(2)5-14-8-4-10-3-7(11-8)9(12)13/h3-4,6H,5H2,1-2H3,(H,12,13). The third-order valence-corrected chi connectivity index (χ3v) is 2.72. The number of carbonyl (C=O) groups is 1. The van der Waals surface area contributed by atoms with Gasteiger partial charge in [0, 0.05) is 5.75 Å². The van der Waals surface area contributed by atoms with Crippen molar-refractivity contribution in [3.8, 4) is 0 Å². The number of nitrogens with zero attached hydrogens (tertiary/aromatic N) is 2. The van der Waals surface area contributed by atoms with Crippen molar-refractivity contribution in [3.63, 3.8) is 0 Å². The summed E-state index contributed by atoms with van der Waals surface area (Å²) in [6, 6.07) is 0. The summed E-state index contributed by atoms with van der Waals surface area (Å²) in [4.78, 5) is 18.3. The van der Waals surface area contributed by atoms with Crippen LogP contribution in [0, 0.1) is 5.92 Å². The molecule has 1 aromatic rings. The third-order valence-electron chi connectivity index (χ3n) is 1.40. The molecule has 5 heteroatoms. The van der Waals surface area contributed by atoms with Gasteiger partial charge >= 0.3 is 5.97 Å². The lowest BCUT2D eigenvalue weighted by Gasteiger charge is -2.03. The number of carboxylic acid groups (broad SMARTS) is 1. The summed E-state index contributed by atoms with van der Waals surface area (Å²) in [7, 11) is 0. The fraction of sp³-hybridized carbons (Fsp3) is 0.444. The van der Waals surface area contributed by atoms with E-state index in [-0.39, 0.29) is 5.69 Å². The van der Waals surface area contributed by atoms with Gasteiger partial charge in [-0.05, 0) is 5.92 Å². The summed E-state index contributed by atoms with van der Waals surface area (Å²) in [6.07, 6.45) is 2.83. The Labute approximate surface area is 86.8 Å². The van der Waals surface area contributed by atoms with Crippen LogP contribution in [0.25, 0.3) is 0 Å². The van der Waals surface area contributed by atoms with Crippen LogP contribution in [0.1, 0.15) is 24.3 Å². The maximum Gasteiger partial charge on any atom is 0.356 e. The Morgan fingerprint density at radius 3 is 2.86 bits per heavy atom. The van der Waals surface area contributed by atoms with Crippen molar-refractivity contribution >= 4 is 17.7 Å². The summed E-state index contributed by atoms with van der Waals surface area (Å²) in [6.45, 7) is 4.20. The number of rotatable bonds is 4. The van der Waals surface area contributed by atoms with Crippen molar-refractivity contribution in [3.05, 3.63) is 18.1 Å². The highest BCUT2D eigenvalue weighted by molar-refractivity contribution is 7.99. The molecule has 1 aromatic heterocycles. The number of hydrogen-bond donors (Lipinski definition) is 1. The summed E-state index contributed by atoms with van der Waals surface area (Å²) in [5.41, 5.74) is -0.00115. The van der Waals surface area contributed by atoms with E-state index >= 15 is 0 Å².